The van der Waals surface area contributed by atoms with Gasteiger partial charge in [0.1, 0.15) is 11.8 Å². The van der Waals surface area contributed by atoms with E-state index < -0.39 is 12.0 Å². The maximum absolute atomic E-state index is 11.2. The Morgan fingerprint density at radius 1 is 1.14 bits per heavy atom. The number of methoxy groups -OCH3 is 3. The van der Waals surface area contributed by atoms with E-state index in [1.165, 1.54) is 0 Å². The van der Waals surface area contributed by atoms with Gasteiger partial charge in [-0.1, -0.05) is 6.92 Å². The Bertz CT molecular complexity index is 489. The van der Waals surface area contributed by atoms with Crippen LogP contribution in [0.3, 0.4) is 0 Å². The van der Waals surface area contributed by atoms with Crippen LogP contribution < -0.4 is 14.2 Å². The first kappa shape index (κ1) is 17.1. The van der Waals surface area contributed by atoms with E-state index in [2.05, 4.69) is 0 Å². The van der Waals surface area contributed by atoms with E-state index in [0.29, 0.717) is 30.2 Å². The highest BCUT2D eigenvalue weighted by molar-refractivity contribution is 5.73. The van der Waals surface area contributed by atoms with Crippen LogP contribution in [0.5, 0.6) is 17.2 Å². The lowest BCUT2D eigenvalue weighted by atomic mass is 10.1. The minimum atomic E-state index is -0.834. The SMILES string of the molecule is CCC(C(=O)O)N(C)Cc1cc(OC)c(OC)cc1OC. The summed E-state index contributed by atoms with van der Waals surface area (Å²) in [5.41, 5.74) is 0.845. The fourth-order valence-electron chi connectivity index (χ4n) is 2.27. The number of hydrogen-bond donors (Lipinski definition) is 1. The summed E-state index contributed by atoms with van der Waals surface area (Å²) in [7, 11) is 6.46. The summed E-state index contributed by atoms with van der Waals surface area (Å²) in [6, 6.07) is 3.01. The van der Waals surface area contributed by atoms with Gasteiger partial charge >= 0.3 is 5.97 Å². The summed E-state index contributed by atoms with van der Waals surface area (Å²) in [4.78, 5) is 13.0. The smallest absolute Gasteiger partial charge is 0.320 e. The first-order valence-electron chi connectivity index (χ1n) is 6.70. The molecular formula is C15H23NO5. The van der Waals surface area contributed by atoms with E-state index in [1.807, 2.05) is 13.0 Å². The summed E-state index contributed by atoms with van der Waals surface area (Å²) in [5.74, 6) is 0.968. The second-order valence-corrected chi connectivity index (χ2v) is 4.70. The number of aliphatic carboxylic acids is 1. The summed E-state index contributed by atoms with van der Waals surface area (Å²) >= 11 is 0. The number of hydrogen-bond acceptors (Lipinski definition) is 5. The van der Waals surface area contributed by atoms with Crippen LogP contribution in [0.4, 0.5) is 0 Å². The minimum absolute atomic E-state index is 0.439. The molecular weight excluding hydrogens is 274 g/mol. The number of likely N-dealkylation sites (N-methyl/N-ethyl adjacent to an activating group) is 1. The van der Waals surface area contributed by atoms with Crippen molar-refractivity contribution in [1.29, 1.82) is 0 Å². The molecule has 1 atom stereocenters. The van der Waals surface area contributed by atoms with Gasteiger partial charge in [0.25, 0.3) is 0 Å². The molecule has 0 aliphatic heterocycles. The Kier molecular flexibility index (Phi) is 6.30. The molecule has 1 aromatic carbocycles. The fraction of sp³-hybridized carbons (Fsp3) is 0.533. The molecule has 0 amide bonds. The van der Waals surface area contributed by atoms with Crippen molar-refractivity contribution in [3.63, 3.8) is 0 Å². The quantitative estimate of drug-likeness (QED) is 0.791. The third-order valence-electron chi connectivity index (χ3n) is 3.41. The molecule has 0 aliphatic carbocycles. The van der Waals surface area contributed by atoms with Crippen LogP contribution in [0.1, 0.15) is 18.9 Å². The van der Waals surface area contributed by atoms with Crippen molar-refractivity contribution in [2.75, 3.05) is 28.4 Å². The highest BCUT2D eigenvalue weighted by atomic mass is 16.5. The average molecular weight is 297 g/mol. The highest BCUT2D eigenvalue weighted by Gasteiger charge is 2.22. The zero-order valence-corrected chi connectivity index (χ0v) is 13.2. The average Bonchev–Trinajstić information content (AvgIpc) is 2.46. The van der Waals surface area contributed by atoms with Crippen molar-refractivity contribution in [1.82, 2.24) is 4.90 Å². The Labute approximate surface area is 125 Å². The number of carboxylic acid groups (broad SMARTS) is 1. The lowest BCUT2D eigenvalue weighted by molar-refractivity contribution is -0.143. The number of nitrogens with zero attached hydrogens (tertiary/aromatic N) is 1. The number of benzene rings is 1. The van der Waals surface area contributed by atoms with Crippen molar-refractivity contribution in [2.24, 2.45) is 0 Å². The molecule has 21 heavy (non-hydrogen) atoms. The first-order valence-corrected chi connectivity index (χ1v) is 6.70. The molecule has 1 rings (SSSR count). The van der Waals surface area contributed by atoms with E-state index in [9.17, 15) is 9.90 Å². The third-order valence-corrected chi connectivity index (χ3v) is 3.41. The maximum Gasteiger partial charge on any atom is 0.320 e. The third kappa shape index (κ3) is 4.01. The molecule has 0 spiro atoms. The van der Waals surface area contributed by atoms with Crippen molar-refractivity contribution >= 4 is 5.97 Å². The fourth-order valence-corrected chi connectivity index (χ4v) is 2.27. The van der Waals surface area contributed by atoms with Gasteiger partial charge in [-0.2, -0.15) is 0 Å². The maximum atomic E-state index is 11.2. The van der Waals surface area contributed by atoms with Crippen LogP contribution >= 0.6 is 0 Å². The first-order chi connectivity index (χ1) is 9.98. The van der Waals surface area contributed by atoms with E-state index in [-0.39, 0.29) is 0 Å². The van der Waals surface area contributed by atoms with E-state index in [0.717, 1.165) is 5.56 Å². The van der Waals surface area contributed by atoms with Crippen molar-refractivity contribution in [3.8, 4) is 17.2 Å². The monoisotopic (exact) mass is 297 g/mol. The van der Waals surface area contributed by atoms with Gasteiger partial charge in [-0.15, -0.1) is 0 Å². The van der Waals surface area contributed by atoms with Gasteiger partial charge in [-0.25, -0.2) is 0 Å². The summed E-state index contributed by atoms with van der Waals surface area (Å²) in [5, 5.41) is 9.21. The molecule has 1 unspecified atom stereocenters. The molecule has 0 radical (unpaired) electrons. The molecule has 1 N–H and O–H groups in total. The lowest BCUT2D eigenvalue weighted by Crippen LogP contribution is -2.37. The van der Waals surface area contributed by atoms with Gasteiger partial charge in [0.05, 0.1) is 21.3 Å². The number of carboxylic acids is 1. The Morgan fingerprint density at radius 3 is 2.10 bits per heavy atom. The minimum Gasteiger partial charge on any atom is -0.496 e. The number of rotatable bonds is 8. The van der Waals surface area contributed by atoms with Crippen LogP contribution in [0.15, 0.2) is 12.1 Å². The van der Waals surface area contributed by atoms with Gasteiger partial charge < -0.3 is 19.3 Å². The van der Waals surface area contributed by atoms with Crippen LogP contribution in [-0.4, -0.2) is 50.4 Å². The predicted molar refractivity (Wildman–Crippen MR) is 79.3 cm³/mol. The lowest BCUT2D eigenvalue weighted by Gasteiger charge is -2.24. The summed E-state index contributed by atoms with van der Waals surface area (Å²) in [6.45, 7) is 2.29. The highest BCUT2D eigenvalue weighted by Crippen LogP contribution is 2.35. The molecule has 0 saturated carbocycles. The van der Waals surface area contributed by atoms with Crippen molar-refractivity contribution in [2.45, 2.75) is 25.9 Å². The molecule has 0 aromatic heterocycles. The van der Waals surface area contributed by atoms with Crippen LogP contribution in [0.25, 0.3) is 0 Å². The molecule has 0 fully saturated rings. The second-order valence-electron chi connectivity index (χ2n) is 4.70. The molecule has 0 aliphatic rings. The Morgan fingerprint density at radius 2 is 1.67 bits per heavy atom. The normalized spacial score (nSPS) is 12.1. The van der Waals surface area contributed by atoms with Gasteiger partial charge in [0.2, 0.25) is 0 Å². The van der Waals surface area contributed by atoms with Crippen LogP contribution in [0, 0.1) is 0 Å². The topological polar surface area (TPSA) is 68.2 Å². The van der Waals surface area contributed by atoms with Gasteiger partial charge in [-0.3, -0.25) is 9.69 Å². The zero-order chi connectivity index (χ0) is 16.0. The molecule has 6 heteroatoms. The second kappa shape index (κ2) is 7.73. The molecule has 0 saturated heterocycles. The molecule has 1 aromatic rings. The molecule has 118 valence electrons. The largest absolute Gasteiger partial charge is 0.496 e. The summed E-state index contributed by atoms with van der Waals surface area (Å²) in [6.07, 6.45) is 0.529. The Hall–Kier alpha value is -1.95. The molecule has 0 heterocycles. The van der Waals surface area contributed by atoms with E-state index >= 15 is 0 Å². The van der Waals surface area contributed by atoms with Crippen molar-refractivity contribution in [3.05, 3.63) is 17.7 Å². The van der Waals surface area contributed by atoms with Gasteiger partial charge in [0.15, 0.2) is 11.5 Å². The summed E-state index contributed by atoms with van der Waals surface area (Å²) < 4.78 is 15.9. The standard InChI is InChI=1S/C15H23NO5/c1-6-11(15(17)18)16(2)9-10-7-13(20-4)14(21-5)8-12(10)19-3/h7-8,11H,6,9H2,1-5H3,(H,17,18). The van der Waals surface area contributed by atoms with Gasteiger partial charge in [0, 0.05) is 18.2 Å². The molecule has 0 bridgehead atoms. The van der Waals surface area contributed by atoms with E-state index in [1.54, 1.807) is 39.3 Å². The molecule has 6 nitrogen and oxygen atoms in total. The van der Waals surface area contributed by atoms with Gasteiger partial charge in [-0.05, 0) is 19.5 Å². The predicted octanol–water partition coefficient (Wildman–Crippen LogP) is 2.01. The van der Waals surface area contributed by atoms with E-state index in [4.69, 9.17) is 14.2 Å². The Balaban J connectivity index is 3.09. The van der Waals surface area contributed by atoms with Crippen LogP contribution in [0.2, 0.25) is 0 Å². The number of ether oxygens (including phenoxy) is 3. The van der Waals surface area contributed by atoms with Crippen LogP contribution in [-0.2, 0) is 11.3 Å². The van der Waals surface area contributed by atoms with Crippen molar-refractivity contribution < 1.29 is 24.1 Å². The number of carbonyl (C=O) groups is 1. The zero-order valence-electron chi connectivity index (χ0n) is 13.2.